The largest absolute Gasteiger partial charge is 0.386 e. The lowest BCUT2D eigenvalue weighted by molar-refractivity contribution is 0.187. The number of halogens is 1. The number of aliphatic imine (C=N–C) groups is 1. The molecule has 0 aliphatic heterocycles. The van der Waals surface area contributed by atoms with Crippen molar-refractivity contribution in [3.63, 3.8) is 0 Å². The van der Waals surface area contributed by atoms with E-state index in [2.05, 4.69) is 22.5 Å². The Bertz CT molecular complexity index is 434. The quantitative estimate of drug-likeness (QED) is 0.373. The highest BCUT2D eigenvalue weighted by molar-refractivity contribution is 5.79. The lowest BCUT2D eigenvalue weighted by Gasteiger charge is -2.13. The third kappa shape index (κ3) is 7.41. The fourth-order valence-electron chi connectivity index (χ4n) is 2.07. The molecule has 0 radical (unpaired) electrons. The molecule has 22 heavy (non-hydrogen) atoms. The number of aliphatic hydroxyl groups is 1. The molecule has 0 fully saturated rings. The van der Waals surface area contributed by atoms with E-state index in [0.29, 0.717) is 11.5 Å². The molecule has 0 heterocycles. The molecular weight excluding hydrogens is 281 g/mol. The van der Waals surface area contributed by atoms with Gasteiger partial charge in [0.05, 0.1) is 12.6 Å². The first kappa shape index (κ1) is 18.4. The Morgan fingerprint density at radius 3 is 2.50 bits per heavy atom. The van der Waals surface area contributed by atoms with Crippen LogP contribution in [0.4, 0.5) is 4.39 Å². The van der Waals surface area contributed by atoms with Gasteiger partial charge in [0.1, 0.15) is 5.82 Å². The fraction of sp³-hybridized carbons (Fsp3) is 0.588. The summed E-state index contributed by atoms with van der Waals surface area (Å²) in [7, 11) is 0. The van der Waals surface area contributed by atoms with Crippen LogP contribution >= 0.6 is 0 Å². The number of unbranched alkanes of at least 4 members (excludes halogenated alkanes) is 3. The molecule has 0 aliphatic rings. The molecular formula is C17H28FN3O. The standard InChI is InChI=1S/C17H28FN3O/c1-3-5-6-7-12-20-17(19-4-2)21-13-16(22)14-8-10-15(18)11-9-14/h8-11,16,22H,3-7,12-13H2,1-2H3,(H2,19,20,21). The first-order valence-electron chi connectivity index (χ1n) is 8.13. The van der Waals surface area contributed by atoms with E-state index in [9.17, 15) is 9.50 Å². The summed E-state index contributed by atoms with van der Waals surface area (Å²) in [6.07, 6.45) is 4.06. The van der Waals surface area contributed by atoms with Crippen LogP contribution in [0.3, 0.4) is 0 Å². The molecule has 0 spiro atoms. The van der Waals surface area contributed by atoms with Gasteiger partial charge >= 0.3 is 0 Å². The average molecular weight is 309 g/mol. The highest BCUT2D eigenvalue weighted by atomic mass is 19.1. The summed E-state index contributed by atoms with van der Waals surface area (Å²) in [5, 5.41) is 16.5. The molecule has 1 atom stereocenters. The van der Waals surface area contributed by atoms with E-state index in [1.54, 1.807) is 12.1 Å². The van der Waals surface area contributed by atoms with E-state index >= 15 is 0 Å². The van der Waals surface area contributed by atoms with Crippen molar-refractivity contribution in [2.75, 3.05) is 19.6 Å². The van der Waals surface area contributed by atoms with Gasteiger partial charge in [-0.25, -0.2) is 4.39 Å². The van der Waals surface area contributed by atoms with Gasteiger partial charge in [0, 0.05) is 13.1 Å². The van der Waals surface area contributed by atoms with E-state index < -0.39 is 6.10 Å². The van der Waals surface area contributed by atoms with Crippen molar-refractivity contribution in [2.45, 2.75) is 45.6 Å². The minimum atomic E-state index is -0.726. The molecule has 0 saturated carbocycles. The van der Waals surface area contributed by atoms with Gasteiger partial charge < -0.3 is 15.7 Å². The second kappa shape index (κ2) is 11.0. The van der Waals surface area contributed by atoms with Gasteiger partial charge in [-0.15, -0.1) is 0 Å². The third-order valence-corrected chi connectivity index (χ3v) is 3.34. The number of hydrogen-bond donors (Lipinski definition) is 3. The Morgan fingerprint density at radius 1 is 1.14 bits per heavy atom. The number of nitrogens with one attached hydrogen (secondary N) is 2. The van der Waals surface area contributed by atoms with Crippen LogP contribution in [0, 0.1) is 5.82 Å². The van der Waals surface area contributed by atoms with Gasteiger partial charge in [-0.1, -0.05) is 38.3 Å². The van der Waals surface area contributed by atoms with Crippen LogP contribution in [0.1, 0.15) is 51.2 Å². The molecule has 0 aliphatic carbocycles. The molecule has 4 nitrogen and oxygen atoms in total. The number of rotatable bonds is 9. The molecule has 0 bridgehead atoms. The molecule has 5 heteroatoms. The SMILES string of the molecule is CCCCCCNC(=NCC(O)c1ccc(F)cc1)NCC. The number of nitrogens with zero attached hydrogens (tertiary/aromatic N) is 1. The molecule has 124 valence electrons. The van der Waals surface area contributed by atoms with Crippen molar-refractivity contribution in [2.24, 2.45) is 4.99 Å². The Balaban J connectivity index is 2.44. The van der Waals surface area contributed by atoms with Crippen LogP contribution in [0.15, 0.2) is 29.3 Å². The first-order valence-corrected chi connectivity index (χ1v) is 8.13. The summed E-state index contributed by atoms with van der Waals surface area (Å²) in [4.78, 5) is 4.38. The third-order valence-electron chi connectivity index (χ3n) is 3.34. The molecule has 0 aromatic heterocycles. The number of aliphatic hydroxyl groups excluding tert-OH is 1. The van der Waals surface area contributed by atoms with Crippen molar-refractivity contribution in [3.05, 3.63) is 35.6 Å². The maximum absolute atomic E-state index is 12.9. The van der Waals surface area contributed by atoms with E-state index in [1.165, 1.54) is 31.4 Å². The van der Waals surface area contributed by atoms with Gasteiger partial charge in [0.15, 0.2) is 5.96 Å². The van der Waals surface area contributed by atoms with Crippen molar-refractivity contribution in [1.29, 1.82) is 0 Å². The topological polar surface area (TPSA) is 56.7 Å². The summed E-state index contributed by atoms with van der Waals surface area (Å²) < 4.78 is 12.9. The van der Waals surface area contributed by atoms with Crippen LogP contribution in [0.5, 0.6) is 0 Å². The van der Waals surface area contributed by atoms with Crippen molar-refractivity contribution < 1.29 is 9.50 Å². The summed E-state index contributed by atoms with van der Waals surface area (Å²) in [5.41, 5.74) is 0.670. The molecule has 3 N–H and O–H groups in total. The Morgan fingerprint density at radius 2 is 1.86 bits per heavy atom. The van der Waals surface area contributed by atoms with Gasteiger partial charge in [-0.2, -0.15) is 0 Å². The molecule has 0 saturated heterocycles. The fourth-order valence-corrected chi connectivity index (χ4v) is 2.07. The van der Waals surface area contributed by atoms with Gasteiger partial charge in [0.2, 0.25) is 0 Å². The lowest BCUT2D eigenvalue weighted by Crippen LogP contribution is -2.38. The lowest BCUT2D eigenvalue weighted by atomic mass is 10.1. The summed E-state index contributed by atoms with van der Waals surface area (Å²) in [6, 6.07) is 5.86. The molecule has 1 rings (SSSR count). The van der Waals surface area contributed by atoms with Crippen molar-refractivity contribution in [1.82, 2.24) is 10.6 Å². The number of hydrogen-bond acceptors (Lipinski definition) is 2. The van der Waals surface area contributed by atoms with E-state index in [0.717, 1.165) is 19.5 Å². The zero-order valence-corrected chi connectivity index (χ0v) is 13.6. The number of guanidine groups is 1. The van der Waals surface area contributed by atoms with E-state index in [4.69, 9.17) is 0 Å². The minimum Gasteiger partial charge on any atom is -0.386 e. The van der Waals surface area contributed by atoms with Gasteiger partial charge in [-0.3, -0.25) is 4.99 Å². The zero-order chi connectivity index (χ0) is 16.2. The minimum absolute atomic E-state index is 0.246. The van der Waals surface area contributed by atoms with Crippen LogP contribution in [0.2, 0.25) is 0 Å². The molecule has 0 amide bonds. The Labute approximate surface area is 132 Å². The highest BCUT2D eigenvalue weighted by Crippen LogP contribution is 2.13. The number of benzene rings is 1. The Kier molecular flexibility index (Phi) is 9.23. The maximum Gasteiger partial charge on any atom is 0.191 e. The first-order chi connectivity index (χ1) is 10.7. The predicted molar refractivity (Wildman–Crippen MR) is 89.5 cm³/mol. The summed E-state index contributed by atoms with van der Waals surface area (Å²) in [5.74, 6) is 0.404. The van der Waals surface area contributed by atoms with Crippen LogP contribution in [0.25, 0.3) is 0 Å². The van der Waals surface area contributed by atoms with Gasteiger partial charge in [0.25, 0.3) is 0 Å². The van der Waals surface area contributed by atoms with Gasteiger partial charge in [-0.05, 0) is 31.0 Å². The van der Waals surface area contributed by atoms with Crippen LogP contribution in [-0.4, -0.2) is 30.7 Å². The predicted octanol–water partition coefficient (Wildman–Crippen LogP) is 2.99. The van der Waals surface area contributed by atoms with Crippen molar-refractivity contribution >= 4 is 5.96 Å². The maximum atomic E-state index is 12.9. The molecule has 1 unspecified atom stereocenters. The Hall–Kier alpha value is -1.62. The van der Waals surface area contributed by atoms with E-state index in [-0.39, 0.29) is 12.4 Å². The van der Waals surface area contributed by atoms with E-state index in [1.807, 2.05) is 6.92 Å². The molecule has 1 aromatic carbocycles. The smallest absolute Gasteiger partial charge is 0.191 e. The summed E-state index contributed by atoms with van der Waals surface area (Å²) in [6.45, 7) is 6.09. The average Bonchev–Trinajstić information content (AvgIpc) is 2.52. The monoisotopic (exact) mass is 309 g/mol. The normalized spacial score (nSPS) is 13.0. The second-order valence-electron chi connectivity index (χ2n) is 5.27. The summed E-state index contributed by atoms with van der Waals surface area (Å²) >= 11 is 0. The van der Waals surface area contributed by atoms with Crippen LogP contribution < -0.4 is 10.6 Å². The van der Waals surface area contributed by atoms with Crippen LogP contribution in [-0.2, 0) is 0 Å². The zero-order valence-electron chi connectivity index (χ0n) is 13.6. The molecule has 1 aromatic rings. The highest BCUT2D eigenvalue weighted by Gasteiger charge is 2.07. The van der Waals surface area contributed by atoms with Crippen molar-refractivity contribution in [3.8, 4) is 0 Å². The second-order valence-corrected chi connectivity index (χ2v) is 5.27.